The van der Waals surface area contributed by atoms with Gasteiger partial charge in [0.1, 0.15) is 12.3 Å². The molecule has 0 fully saturated rings. The number of hydrogen-bond acceptors (Lipinski definition) is 5. The van der Waals surface area contributed by atoms with E-state index >= 15 is 0 Å². The number of rotatable bonds is 11. The van der Waals surface area contributed by atoms with Crippen molar-refractivity contribution < 1.29 is 17.9 Å². The molecule has 0 aliphatic heterocycles. The van der Waals surface area contributed by atoms with Gasteiger partial charge in [-0.3, -0.25) is 9.10 Å². The Kier molecular flexibility index (Phi) is 9.01. The van der Waals surface area contributed by atoms with Gasteiger partial charge in [0.05, 0.1) is 17.7 Å². The van der Waals surface area contributed by atoms with Crippen molar-refractivity contribution >= 4 is 38.9 Å². The van der Waals surface area contributed by atoms with Gasteiger partial charge < -0.3 is 15.0 Å². The average Bonchev–Trinajstić information content (AvgIpc) is 2.88. The number of halogens is 1. The molecule has 0 unspecified atom stereocenters. The van der Waals surface area contributed by atoms with Gasteiger partial charge in [0.2, 0.25) is 5.91 Å². The Morgan fingerprint density at radius 1 is 0.971 bits per heavy atom. The summed E-state index contributed by atoms with van der Waals surface area (Å²) in [6.07, 6.45) is 0. The first-order chi connectivity index (χ1) is 16.8. The fourth-order valence-electron chi connectivity index (χ4n) is 3.68. The van der Waals surface area contributed by atoms with Crippen LogP contribution < -0.4 is 19.3 Å². The first-order valence-corrected chi connectivity index (χ1v) is 13.1. The number of hydrogen-bond donors (Lipinski definition) is 1. The fourth-order valence-corrected chi connectivity index (χ4v) is 5.29. The highest BCUT2D eigenvalue weighted by Crippen LogP contribution is 2.34. The molecule has 0 spiro atoms. The second-order valence-electron chi connectivity index (χ2n) is 7.76. The Bertz CT molecular complexity index is 1230. The minimum absolute atomic E-state index is 0.0572. The van der Waals surface area contributed by atoms with Crippen molar-refractivity contribution in [2.24, 2.45) is 0 Å². The molecule has 0 aromatic heterocycles. The van der Waals surface area contributed by atoms with Gasteiger partial charge in [-0.05, 0) is 61.9 Å². The summed E-state index contributed by atoms with van der Waals surface area (Å²) in [5.74, 6) is -0.173. The number of ether oxygens (including phenoxy) is 1. The van der Waals surface area contributed by atoms with E-state index in [0.717, 1.165) is 28.6 Å². The SMILES string of the molecule is CCN(CC)c1ccc(CNC(=O)CN(c2cc(Cl)ccc2OC)S(=O)(=O)c2ccccc2)cc1. The topological polar surface area (TPSA) is 79.0 Å². The Hall–Kier alpha value is -3.23. The number of methoxy groups -OCH3 is 1. The monoisotopic (exact) mass is 515 g/mol. The number of benzene rings is 3. The Morgan fingerprint density at radius 3 is 2.23 bits per heavy atom. The van der Waals surface area contributed by atoms with E-state index in [1.165, 1.54) is 25.3 Å². The minimum atomic E-state index is -4.07. The van der Waals surface area contributed by atoms with E-state index in [1.807, 2.05) is 24.3 Å². The molecule has 0 saturated carbocycles. The standard InChI is InChI=1S/C26H30ClN3O4S/c1-4-29(5-2)22-14-11-20(12-15-22)18-28-26(31)19-30(24-17-21(27)13-16-25(24)34-3)35(32,33)23-9-7-6-8-10-23/h6-17H,4-5,18-19H2,1-3H3,(H,28,31). The van der Waals surface area contributed by atoms with Gasteiger partial charge in [0.15, 0.2) is 0 Å². The van der Waals surface area contributed by atoms with E-state index in [0.29, 0.717) is 5.02 Å². The molecule has 3 aromatic carbocycles. The first kappa shape index (κ1) is 26.4. The van der Waals surface area contributed by atoms with Crippen LogP contribution in [0.5, 0.6) is 5.75 Å². The van der Waals surface area contributed by atoms with E-state index < -0.39 is 22.5 Å². The molecule has 3 rings (SSSR count). The van der Waals surface area contributed by atoms with Crippen LogP contribution >= 0.6 is 11.6 Å². The van der Waals surface area contributed by atoms with Crippen LogP contribution in [0.3, 0.4) is 0 Å². The summed E-state index contributed by atoms with van der Waals surface area (Å²) in [5, 5.41) is 3.14. The molecule has 0 heterocycles. The second kappa shape index (κ2) is 12.0. The number of nitrogens with one attached hydrogen (secondary N) is 1. The molecule has 9 heteroatoms. The highest BCUT2D eigenvalue weighted by molar-refractivity contribution is 7.92. The average molecular weight is 516 g/mol. The van der Waals surface area contributed by atoms with E-state index in [2.05, 4.69) is 24.1 Å². The third kappa shape index (κ3) is 6.46. The Morgan fingerprint density at radius 2 is 1.63 bits per heavy atom. The van der Waals surface area contributed by atoms with Crippen molar-refractivity contribution in [3.63, 3.8) is 0 Å². The molecule has 35 heavy (non-hydrogen) atoms. The van der Waals surface area contributed by atoms with Crippen molar-refractivity contribution in [1.82, 2.24) is 5.32 Å². The van der Waals surface area contributed by atoms with E-state index in [9.17, 15) is 13.2 Å². The largest absolute Gasteiger partial charge is 0.495 e. The maximum Gasteiger partial charge on any atom is 0.264 e. The van der Waals surface area contributed by atoms with Crippen molar-refractivity contribution in [2.75, 3.05) is 35.9 Å². The molecule has 0 bridgehead atoms. The summed E-state index contributed by atoms with van der Waals surface area (Å²) < 4.78 is 33.4. The third-order valence-electron chi connectivity index (χ3n) is 5.58. The predicted octanol–water partition coefficient (Wildman–Crippen LogP) is 4.71. The van der Waals surface area contributed by atoms with Crippen LogP contribution in [-0.2, 0) is 21.4 Å². The maximum absolute atomic E-state index is 13.5. The third-order valence-corrected chi connectivity index (χ3v) is 7.59. The maximum atomic E-state index is 13.5. The van der Waals surface area contributed by atoms with Gasteiger partial charge in [0, 0.05) is 30.3 Å². The van der Waals surface area contributed by atoms with Crippen molar-refractivity contribution in [3.8, 4) is 5.75 Å². The Labute approximate surface area is 212 Å². The molecular weight excluding hydrogens is 486 g/mol. The lowest BCUT2D eigenvalue weighted by Crippen LogP contribution is -2.40. The highest BCUT2D eigenvalue weighted by Gasteiger charge is 2.29. The van der Waals surface area contributed by atoms with Gasteiger partial charge in [-0.2, -0.15) is 0 Å². The molecule has 0 saturated heterocycles. The van der Waals surface area contributed by atoms with Crippen LogP contribution in [0.4, 0.5) is 11.4 Å². The van der Waals surface area contributed by atoms with Crippen LogP contribution in [0.1, 0.15) is 19.4 Å². The van der Waals surface area contributed by atoms with Gasteiger partial charge in [0.25, 0.3) is 10.0 Å². The van der Waals surface area contributed by atoms with Crippen LogP contribution in [0.15, 0.2) is 77.7 Å². The normalized spacial score (nSPS) is 11.1. The molecule has 0 radical (unpaired) electrons. The van der Waals surface area contributed by atoms with Crippen molar-refractivity contribution in [1.29, 1.82) is 0 Å². The zero-order valence-corrected chi connectivity index (χ0v) is 21.6. The smallest absolute Gasteiger partial charge is 0.264 e. The van der Waals surface area contributed by atoms with Crippen LogP contribution in [-0.4, -0.2) is 41.1 Å². The van der Waals surface area contributed by atoms with Crippen molar-refractivity contribution in [2.45, 2.75) is 25.3 Å². The lowest BCUT2D eigenvalue weighted by atomic mass is 10.2. The summed E-state index contributed by atoms with van der Waals surface area (Å²) >= 11 is 6.17. The van der Waals surface area contributed by atoms with Gasteiger partial charge in [-0.25, -0.2) is 8.42 Å². The van der Waals surface area contributed by atoms with Gasteiger partial charge in [-0.1, -0.05) is 41.9 Å². The molecule has 1 amide bonds. The number of carbonyl (C=O) groups is 1. The van der Waals surface area contributed by atoms with E-state index in [4.69, 9.17) is 16.3 Å². The van der Waals surface area contributed by atoms with Crippen LogP contribution in [0.25, 0.3) is 0 Å². The summed E-state index contributed by atoms with van der Waals surface area (Å²) in [4.78, 5) is 15.2. The molecular formula is C26H30ClN3O4S. The second-order valence-corrected chi connectivity index (χ2v) is 10.1. The highest BCUT2D eigenvalue weighted by atomic mass is 35.5. The predicted molar refractivity (Wildman–Crippen MR) is 141 cm³/mol. The molecule has 1 N–H and O–H groups in total. The van der Waals surface area contributed by atoms with Gasteiger partial charge >= 0.3 is 0 Å². The number of carbonyl (C=O) groups excluding carboxylic acids is 1. The first-order valence-electron chi connectivity index (χ1n) is 11.3. The fraction of sp³-hybridized carbons (Fsp3) is 0.269. The zero-order chi connectivity index (χ0) is 25.4. The summed E-state index contributed by atoms with van der Waals surface area (Å²) in [6.45, 7) is 5.84. The molecule has 0 aliphatic carbocycles. The number of nitrogens with zero attached hydrogens (tertiary/aromatic N) is 2. The summed E-state index contributed by atoms with van der Waals surface area (Å²) in [7, 11) is -2.64. The molecule has 0 atom stereocenters. The summed E-state index contributed by atoms with van der Waals surface area (Å²) in [6, 6.07) is 20.5. The summed E-state index contributed by atoms with van der Waals surface area (Å²) in [5.41, 5.74) is 2.20. The number of amides is 1. The lowest BCUT2D eigenvalue weighted by Gasteiger charge is -2.26. The molecule has 7 nitrogen and oxygen atoms in total. The zero-order valence-electron chi connectivity index (χ0n) is 20.1. The van der Waals surface area contributed by atoms with Crippen LogP contribution in [0.2, 0.25) is 5.02 Å². The lowest BCUT2D eigenvalue weighted by molar-refractivity contribution is -0.119. The van der Waals surface area contributed by atoms with Crippen LogP contribution in [0, 0.1) is 0 Å². The molecule has 0 aliphatic rings. The molecule has 3 aromatic rings. The van der Waals surface area contributed by atoms with Crippen molar-refractivity contribution in [3.05, 3.63) is 83.4 Å². The quantitative estimate of drug-likeness (QED) is 0.400. The van der Waals surface area contributed by atoms with Gasteiger partial charge in [-0.15, -0.1) is 0 Å². The number of sulfonamides is 1. The minimum Gasteiger partial charge on any atom is -0.495 e. The Balaban J connectivity index is 1.83. The number of anilines is 2. The molecule has 186 valence electrons. The van der Waals surface area contributed by atoms with E-state index in [1.54, 1.807) is 30.3 Å². The van der Waals surface area contributed by atoms with E-state index in [-0.39, 0.29) is 22.9 Å².